The third-order valence-corrected chi connectivity index (χ3v) is 4.30. The van der Waals surface area contributed by atoms with E-state index >= 15 is 0 Å². The van der Waals surface area contributed by atoms with Crippen LogP contribution in [0.1, 0.15) is 16.7 Å². The lowest BCUT2D eigenvalue weighted by Crippen LogP contribution is -2.15. The van der Waals surface area contributed by atoms with Gasteiger partial charge < -0.3 is 5.32 Å². The first kappa shape index (κ1) is 15.9. The molecule has 0 saturated carbocycles. The van der Waals surface area contributed by atoms with E-state index in [4.69, 9.17) is 11.6 Å². The Kier molecular flexibility index (Phi) is 5.71. The molecule has 2 rings (SSSR count). The topological polar surface area (TPSA) is 29.1 Å². The maximum atomic E-state index is 12.0. The normalized spacial score (nSPS) is 10.4. The molecule has 0 fully saturated rings. The smallest absolute Gasteiger partial charge is 0.234 e. The molecule has 21 heavy (non-hydrogen) atoms. The minimum atomic E-state index is -0.00183. The quantitative estimate of drug-likeness (QED) is 0.855. The highest BCUT2D eigenvalue weighted by molar-refractivity contribution is 7.99. The van der Waals surface area contributed by atoms with Crippen LogP contribution in [0.3, 0.4) is 0 Å². The van der Waals surface area contributed by atoms with Crippen LogP contribution in [-0.2, 0) is 10.5 Å². The van der Waals surface area contributed by atoms with Gasteiger partial charge in [-0.15, -0.1) is 11.8 Å². The molecule has 0 heterocycles. The molecule has 0 spiro atoms. The summed E-state index contributed by atoms with van der Waals surface area (Å²) in [7, 11) is 0. The van der Waals surface area contributed by atoms with Gasteiger partial charge in [0.15, 0.2) is 0 Å². The van der Waals surface area contributed by atoms with Crippen LogP contribution in [0.5, 0.6) is 0 Å². The second-order valence-corrected chi connectivity index (χ2v) is 6.41. The number of rotatable bonds is 5. The zero-order chi connectivity index (χ0) is 15.2. The van der Waals surface area contributed by atoms with Gasteiger partial charge in [-0.3, -0.25) is 4.79 Å². The van der Waals surface area contributed by atoms with E-state index in [2.05, 4.69) is 30.4 Å². The third kappa shape index (κ3) is 5.10. The number of hydrogen-bond donors (Lipinski definition) is 1. The minimum Gasteiger partial charge on any atom is -0.325 e. The molecule has 4 heteroatoms. The van der Waals surface area contributed by atoms with Gasteiger partial charge in [0, 0.05) is 16.5 Å². The van der Waals surface area contributed by atoms with E-state index in [0.29, 0.717) is 10.8 Å². The number of anilines is 1. The lowest BCUT2D eigenvalue weighted by atomic mass is 10.2. The Morgan fingerprint density at radius 2 is 2.00 bits per heavy atom. The highest BCUT2D eigenvalue weighted by atomic mass is 35.5. The van der Waals surface area contributed by atoms with Gasteiger partial charge in [-0.1, -0.05) is 47.5 Å². The molecule has 0 aliphatic carbocycles. The average molecular weight is 320 g/mol. The van der Waals surface area contributed by atoms with Gasteiger partial charge in [-0.25, -0.2) is 0 Å². The lowest BCUT2D eigenvalue weighted by molar-refractivity contribution is -0.113. The molecule has 1 N–H and O–H groups in total. The summed E-state index contributed by atoms with van der Waals surface area (Å²) in [6.45, 7) is 4.02. The molecular formula is C17H18ClNOS. The van der Waals surface area contributed by atoms with E-state index in [1.165, 1.54) is 11.1 Å². The maximum Gasteiger partial charge on any atom is 0.234 e. The van der Waals surface area contributed by atoms with Crippen LogP contribution in [0.25, 0.3) is 0 Å². The molecule has 0 unspecified atom stereocenters. The largest absolute Gasteiger partial charge is 0.325 e. The summed E-state index contributed by atoms with van der Waals surface area (Å²) in [4.78, 5) is 12.0. The Balaban J connectivity index is 1.84. The van der Waals surface area contributed by atoms with Crippen molar-refractivity contribution in [2.24, 2.45) is 0 Å². The standard InChI is InChI=1S/C17H18ClNOS/c1-12-4-3-5-14(8-12)10-21-11-17(20)19-16-9-15(18)7-6-13(16)2/h3-9H,10-11H2,1-2H3,(H,19,20). The van der Waals surface area contributed by atoms with Crippen LogP contribution < -0.4 is 5.32 Å². The number of aryl methyl sites for hydroxylation is 2. The van der Waals surface area contributed by atoms with Crippen molar-refractivity contribution in [1.82, 2.24) is 0 Å². The van der Waals surface area contributed by atoms with Gasteiger partial charge in [-0.05, 0) is 37.1 Å². The van der Waals surface area contributed by atoms with E-state index < -0.39 is 0 Å². The first-order valence-corrected chi connectivity index (χ1v) is 8.27. The maximum absolute atomic E-state index is 12.0. The zero-order valence-electron chi connectivity index (χ0n) is 12.2. The fourth-order valence-corrected chi connectivity index (χ4v) is 2.93. The van der Waals surface area contributed by atoms with Gasteiger partial charge in [0.05, 0.1) is 5.75 Å². The second kappa shape index (κ2) is 7.53. The summed E-state index contributed by atoms with van der Waals surface area (Å²) in [6.07, 6.45) is 0. The van der Waals surface area contributed by atoms with Crippen LogP contribution in [0.15, 0.2) is 42.5 Å². The van der Waals surface area contributed by atoms with Crippen molar-refractivity contribution in [3.05, 3.63) is 64.2 Å². The Labute approximate surface area is 134 Å². The first-order valence-electron chi connectivity index (χ1n) is 6.74. The molecule has 2 nitrogen and oxygen atoms in total. The molecule has 0 aliphatic heterocycles. The summed E-state index contributed by atoms with van der Waals surface area (Å²) >= 11 is 7.55. The van der Waals surface area contributed by atoms with Crippen LogP contribution in [0.2, 0.25) is 5.02 Å². The van der Waals surface area contributed by atoms with Gasteiger partial charge in [-0.2, -0.15) is 0 Å². The SMILES string of the molecule is Cc1cccc(CSCC(=O)Nc2cc(Cl)ccc2C)c1. The lowest BCUT2D eigenvalue weighted by Gasteiger charge is -2.09. The summed E-state index contributed by atoms with van der Waals surface area (Å²) in [6, 6.07) is 13.8. The number of hydrogen-bond acceptors (Lipinski definition) is 2. The molecule has 1 amide bonds. The Morgan fingerprint density at radius 1 is 1.19 bits per heavy atom. The number of amides is 1. The van der Waals surface area contributed by atoms with Crippen molar-refractivity contribution in [2.45, 2.75) is 19.6 Å². The van der Waals surface area contributed by atoms with Crippen molar-refractivity contribution < 1.29 is 4.79 Å². The van der Waals surface area contributed by atoms with E-state index in [-0.39, 0.29) is 5.91 Å². The van der Waals surface area contributed by atoms with Crippen LogP contribution in [-0.4, -0.2) is 11.7 Å². The molecule has 0 aromatic heterocycles. The van der Waals surface area contributed by atoms with Crippen LogP contribution >= 0.6 is 23.4 Å². The molecule has 2 aromatic rings. The van der Waals surface area contributed by atoms with Crippen molar-refractivity contribution in [3.63, 3.8) is 0 Å². The molecule has 0 saturated heterocycles. The highest BCUT2D eigenvalue weighted by Gasteiger charge is 2.06. The Bertz CT molecular complexity index is 642. The number of halogens is 1. The highest BCUT2D eigenvalue weighted by Crippen LogP contribution is 2.21. The number of thioether (sulfide) groups is 1. The predicted octanol–water partition coefficient (Wildman–Crippen LogP) is 4.83. The fourth-order valence-electron chi connectivity index (χ4n) is 1.98. The Morgan fingerprint density at radius 3 is 2.76 bits per heavy atom. The van der Waals surface area contributed by atoms with Gasteiger partial charge >= 0.3 is 0 Å². The number of carbonyl (C=O) groups is 1. The predicted molar refractivity (Wildman–Crippen MR) is 92.2 cm³/mol. The Hall–Kier alpha value is -1.45. The number of benzene rings is 2. The van der Waals surface area contributed by atoms with Crippen LogP contribution in [0, 0.1) is 13.8 Å². The monoisotopic (exact) mass is 319 g/mol. The summed E-state index contributed by atoms with van der Waals surface area (Å²) in [5.74, 6) is 1.27. The van der Waals surface area contributed by atoms with Gasteiger partial charge in [0.25, 0.3) is 0 Å². The molecule has 110 valence electrons. The van der Waals surface area contributed by atoms with E-state index in [9.17, 15) is 4.79 Å². The van der Waals surface area contributed by atoms with Crippen molar-refractivity contribution >= 4 is 35.0 Å². The van der Waals surface area contributed by atoms with E-state index in [1.54, 1.807) is 17.8 Å². The molecule has 0 radical (unpaired) electrons. The van der Waals surface area contributed by atoms with Gasteiger partial charge in [0.2, 0.25) is 5.91 Å². The van der Waals surface area contributed by atoms with Crippen LogP contribution in [0.4, 0.5) is 5.69 Å². The fraction of sp³-hybridized carbons (Fsp3) is 0.235. The number of nitrogens with one attached hydrogen (secondary N) is 1. The third-order valence-electron chi connectivity index (χ3n) is 3.06. The van der Waals surface area contributed by atoms with Crippen molar-refractivity contribution in [2.75, 3.05) is 11.1 Å². The van der Waals surface area contributed by atoms with Crippen molar-refractivity contribution in [3.8, 4) is 0 Å². The van der Waals surface area contributed by atoms with E-state index in [0.717, 1.165) is 17.0 Å². The zero-order valence-corrected chi connectivity index (χ0v) is 13.7. The molecule has 0 aliphatic rings. The number of carbonyl (C=O) groups excluding carboxylic acids is 1. The molecule has 0 bridgehead atoms. The summed E-state index contributed by atoms with van der Waals surface area (Å²) < 4.78 is 0. The van der Waals surface area contributed by atoms with E-state index in [1.807, 2.05) is 25.1 Å². The first-order chi connectivity index (χ1) is 10.0. The van der Waals surface area contributed by atoms with Gasteiger partial charge in [0.1, 0.15) is 0 Å². The summed E-state index contributed by atoms with van der Waals surface area (Å²) in [5.41, 5.74) is 4.28. The second-order valence-electron chi connectivity index (χ2n) is 4.99. The molecule has 0 atom stereocenters. The minimum absolute atomic E-state index is 0.00183. The molecular weight excluding hydrogens is 302 g/mol. The average Bonchev–Trinajstić information content (AvgIpc) is 2.43. The molecule has 2 aromatic carbocycles. The van der Waals surface area contributed by atoms with Crippen molar-refractivity contribution in [1.29, 1.82) is 0 Å². The summed E-state index contributed by atoms with van der Waals surface area (Å²) in [5, 5.41) is 3.53.